The van der Waals surface area contributed by atoms with Crippen LogP contribution in [0.4, 0.5) is 5.69 Å². The summed E-state index contributed by atoms with van der Waals surface area (Å²) in [6.45, 7) is 5.27. The molecule has 1 aromatic rings. The molecule has 1 N–H and O–H groups in total. The minimum absolute atomic E-state index is 0.281. The van der Waals surface area contributed by atoms with Gasteiger partial charge in [0.2, 0.25) is 0 Å². The van der Waals surface area contributed by atoms with Crippen molar-refractivity contribution in [1.82, 2.24) is 0 Å². The molecule has 0 saturated carbocycles. The summed E-state index contributed by atoms with van der Waals surface area (Å²) in [7, 11) is 0. The van der Waals surface area contributed by atoms with Gasteiger partial charge in [0.1, 0.15) is 0 Å². The molecule has 4 nitrogen and oxygen atoms in total. The van der Waals surface area contributed by atoms with Crippen molar-refractivity contribution in [3.63, 3.8) is 0 Å². The molecule has 0 aliphatic heterocycles. The van der Waals surface area contributed by atoms with Crippen LogP contribution in [0, 0.1) is 13.8 Å². The molecule has 0 spiro atoms. The SMILES string of the molecule is C/C=C/C(=O)OCC(=O)Nc1cc(C)ccc1C. The number of hydrogen-bond acceptors (Lipinski definition) is 3. The molecular weight excluding hydrogens is 230 g/mol. The average Bonchev–Trinajstić information content (AvgIpc) is 2.32. The minimum Gasteiger partial charge on any atom is -0.452 e. The molecule has 0 radical (unpaired) electrons. The fraction of sp³-hybridized carbons (Fsp3) is 0.286. The van der Waals surface area contributed by atoms with Crippen LogP contribution >= 0.6 is 0 Å². The van der Waals surface area contributed by atoms with Gasteiger partial charge in [0.05, 0.1) is 0 Å². The first-order chi connectivity index (χ1) is 8.52. The molecule has 1 rings (SSSR count). The van der Waals surface area contributed by atoms with Crippen molar-refractivity contribution in [2.75, 3.05) is 11.9 Å². The van der Waals surface area contributed by atoms with Gasteiger partial charge in [-0.3, -0.25) is 4.79 Å². The second-order valence-corrected chi connectivity index (χ2v) is 3.97. The Morgan fingerprint density at radius 1 is 1.33 bits per heavy atom. The molecule has 0 unspecified atom stereocenters. The van der Waals surface area contributed by atoms with Gasteiger partial charge in [-0.25, -0.2) is 4.79 Å². The molecule has 0 bridgehead atoms. The molecule has 1 amide bonds. The highest BCUT2D eigenvalue weighted by atomic mass is 16.5. The van der Waals surface area contributed by atoms with Crippen LogP contribution in [0.3, 0.4) is 0 Å². The molecule has 0 heterocycles. The Morgan fingerprint density at radius 2 is 2.06 bits per heavy atom. The monoisotopic (exact) mass is 247 g/mol. The number of anilines is 1. The predicted molar refractivity (Wildman–Crippen MR) is 70.3 cm³/mol. The van der Waals surface area contributed by atoms with E-state index >= 15 is 0 Å². The zero-order valence-corrected chi connectivity index (χ0v) is 10.8. The summed E-state index contributed by atoms with van der Waals surface area (Å²) < 4.78 is 4.75. The molecule has 4 heteroatoms. The zero-order chi connectivity index (χ0) is 13.5. The lowest BCUT2D eigenvalue weighted by molar-refractivity contribution is -0.142. The molecule has 0 fully saturated rings. The van der Waals surface area contributed by atoms with E-state index in [4.69, 9.17) is 4.74 Å². The quantitative estimate of drug-likeness (QED) is 0.656. The third kappa shape index (κ3) is 4.41. The molecule has 96 valence electrons. The van der Waals surface area contributed by atoms with Crippen molar-refractivity contribution in [2.45, 2.75) is 20.8 Å². The highest BCUT2D eigenvalue weighted by Gasteiger charge is 2.07. The number of amides is 1. The molecule has 0 aliphatic rings. The van der Waals surface area contributed by atoms with Crippen LogP contribution in [0.2, 0.25) is 0 Å². The van der Waals surface area contributed by atoms with E-state index in [1.807, 2.05) is 32.0 Å². The number of carbonyl (C=O) groups is 2. The van der Waals surface area contributed by atoms with Crippen molar-refractivity contribution in [2.24, 2.45) is 0 Å². The van der Waals surface area contributed by atoms with E-state index in [2.05, 4.69) is 5.32 Å². The van der Waals surface area contributed by atoms with Gasteiger partial charge in [0.15, 0.2) is 6.61 Å². The number of esters is 1. The van der Waals surface area contributed by atoms with Crippen LogP contribution in [0.5, 0.6) is 0 Å². The molecule has 0 saturated heterocycles. The average molecular weight is 247 g/mol. The van der Waals surface area contributed by atoms with E-state index in [0.717, 1.165) is 16.8 Å². The van der Waals surface area contributed by atoms with Gasteiger partial charge in [-0.05, 0) is 38.0 Å². The Balaban J connectivity index is 2.54. The normalized spacial score (nSPS) is 10.4. The minimum atomic E-state index is -0.520. The Hall–Kier alpha value is -2.10. The fourth-order valence-corrected chi connectivity index (χ4v) is 1.38. The standard InChI is InChI=1S/C14H17NO3/c1-4-5-14(17)18-9-13(16)15-12-8-10(2)6-7-11(12)3/h4-8H,9H2,1-3H3,(H,15,16)/b5-4+. The third-order valence-electron chi connectivity index (χ3n) is 2.32. The molecule has 0 atom stereocenters. The second kappa shape index (κ2) is 6.59. The van der Waals surface area contributed by atoms with Gasteiger partial charge < -0.3 is 10.1 Å². The second-order valence-electron chi connectivity index (χ2n) is 3.97. The highest BCUT2D eigenvalue weighted by molar-refractivity contribution is 5.94. The van der Waals surface area contributed by atoms with Gasteiger partial charge in [0, 0.05) is 11.8 Å². The van der Waals surface area contributed by atoms with E-state index in [1.165, 1.54) is 6.08 Å². The molecule has 0 aliphatic carbocycles. The van der Waals surface area contributed by atoms with Gasteiger partial charge in [-0.2, -0.15) is 0 Å². The summed E-state index contributed by atoms with van der Waals surface area (Å²) in [5, 5.41) is 2.71. The number of allylic oxidation sites excluding steroid dienone is 1. The number of rotatable bonds is 4. The number of ether oxygens (including phenoxy) is 1. The Labute approximate surface area is 107 Å². The van der Waals surface area contributed by atoms with Crippen molar-refractivity contribution < 1.29 is 14.3 Å². The first kappa shape index (κ1) is 14.0. The van der Waals surface area contributed by atoms with E-state index in [9.17, 15) is 9.59 Å². The highest BCUT2D eigenvalue weighted by Crippen LogP contribution is 2.16. The number of aryl methyl sites for hydroxylation is 2. The zero-order valence-electron chi connectivity index (χ0n) is 10.8. The number of hydrogen-bond donors (Lipinski definition) is 1. The first-order valence-electron chi connectivity index (χ1n) is 5.69. The van der Waals surface area contributed by atoms with Gasteiger partial charge in [-0.15, -0.1) is 0 Å². The maximum absolute atomic E-state index is 11.6. The van der Waals surface area contributed by atoms with E-state index in [0.29, 0.717) is 0 Å². The summed E-state index contributed by atoms with van der Waals surface area (Å²) in [4.78, 5) is 22.6. The molecular formula is C14H17NO3. The van der Waals surface area contributed by atoms with Crippen LogP contribution in [0.15, 0.2) is 30.4 Å². The van der Waals surface area contributed by atoms with Crippen molar-refractivity contribution in [1.29, 1.82) is 0 Å². The van der Waals surface area contributed by atoms with Crippen LogP contribution in [-0.4, -0.2) is 18.5 Å². The molecule has 1 aromatic carbocycles. The largest absolute Gasteiger partial charge is 0.452 e. The van der Waals surface area contributed by atoms with Crippen LogP contribution < -0.4 is 5.32 Å². The van der Waals surface area contributed by atoms with Crippen LogP contribution in [0.25, 0.3) is 0 Å². The van der Waals surface area contributed by atoms with Crippen molar-refractivity contribution in [3.8, 4) is 0 Å². The maximum atomic E-state index is 11.6. The van der Waals surface area contributed by atoms with Crippen LogP contribution in [-0.2, 0) is 14.3 Å². The molecule has 18 heavy (non-hydrogen) atoms. The van der Waals surface area contributed by atoms with Crippen molar-refractivity contribution in [3.05, 3.63) is 41.5 Å². The van der Waals surface area contributed by atoms with Gasteiger partial charge in [0.25, 0.3) is 5.91 Å². The van der Waals surface area contributed by atoms with E-state index in [1.54, 1.807) is 13.0 Å². The van der Waals surface area contributed by atoms with Gasteiger partial charge in [-0.1, -0.05) is 18.2 Å². The molecule has 0 aromatic heterocycles. The number of carbonyl (C=O) groups excluding carboxylic acids is 2. The van der Waals surface area contributed by atoms with E-state index in [-0.39, 0.29) is 12.5 Å². The lowest BCUT2D eigenvalue weighted by atomic mass is 10.1. The topological polar surface area (TPSA) is 55.4 Å². The summed E-state index contributed by atoms with van der Waals surface area (Å²) in [5.41, 5.74) is 2.76. The van der Waals surface area contributed by atoms with E-state index < -0.39 is 5.97 Å². The van der Waals surface area contributed by atoms with Crippen LogP contribution in [0.1, 0.15) is 18.1 Å². The smallest absolute Gasteiger partial charge is 0.330 e. The fourth-order valence-electron chi connectivity index (χ4n) is 1.38. The van der Waals surface area contributed by atoms with Crippen molar-refractivity contribution >= 4 is 17.6 Å². The lowest BCUT2D eigenvalue weighted by Crippen LogP contribution is -2.20. The predicted octanol–water partition coefficient (Wildman–Crippen LogP) is 2.36. The van der Waals surface area contributed by atoms with Gasteiger partial charge >= 0.3 is 5.97 Å². The summed E-state index contributed by atoms with van der Waals surface area (Å²) in [6.07, 6.45) is 2.83. The summed E-state index contributed by atoms with van der Waals surface area (Å²) in [5.74, 6) is -0.866. The summed E-state index contributed by atoms with van der Waals surface area (Å²) >= 11 is 0. The summed E-state index contributed by atoms with van der Waals surface area (Å²) in [6, 6.07) is 5.77. The maximum Gasteiger partial charge on any atom is 0.330 e. The first-order valence-corrected chi connectivity index (χ1v) is 5.69. The Morgan fingerprint density at radius 3 is 2.72 bits per heavy atom. The Kier molecular flexibility index (Phi) is 5.11. The lowest BCUT2D eigenvalue weighted by Gasteiger charge is -2.09. The number of benzene rings is 1. The Bertz CT molecular complexity index is 478. The third-order valence-corrected chi connectivity index (χ3v) is 2.32. The number of nitrogens with one attached hydrogen (secondary N) is 1.